The van der Waals surface area contributed by atoms with Crippen LogP contribution >= 0.6 is 12.2 Å². The molecular formula is C16H23N3O4S2. The number of anilines is 1. The van der Waals surface area contributed by atoms with Gasteiger partial charge in [-0.25, -0.2) is 12.7 Å². The van der Waals surface area contributed by atoms with E-state index in [0.29, 0.717) is 36.7 Å². The Labute approximate surface area is 154 Å². The van der Waals surface area contributed by atoms with E-state index < -0.39 is 10.0 Å². The topological polar surface area (TPSA) is 79.0 Å². The van der Waals surface area contributed by atoms with E-state index >= 15 is 0 Å². The van der Waals surface area contributed by atoms with Crippen molar-refractivity contribution < 1.29 is 17.9 Å². The maximum Gasteiger partial charge on any atom is 0.308 e. The molecule has 0 bridgehead atoms. The highest BCUT2D eigenvalue weighted by Crippen LogP contribution is 2.21. The van der Waals surface area contributed by atoms with Gasteiger partial charge in [0.1, 0.15) is 0 Å². The molecule has 0 spiro atoms. The van der Waals surface area contributed by atoms with Crippen LogP contribution in [0.3, 0.4) is 0 Å². The molecule has 1 N–H and O–H groups in total. The highest BCUT2D eigenvalue weighted by Gasteiger charge is 2.26. The lowest BCUT2D eigenvalue weighted by Crippen LogP contribution is -2.42. The summed E-state index contributed by atoms with van der Waals surface area (Å²) in [4.78, 5) is 13.7. The Morgan fingerprint density at radius 1 is 1.32 bits per heavy atom. The summed E-state index contributed by atoms with van der Waals surface area (Å²) in [7, 11) is 0.887. The normalized spacial score (nSPS) is 15.9. The Morgan fingerprint density at radius 2 is 1.96 bits per heavy atom. The Kier molecular flexibility index (Phi) is 6.36. The van der Waals surface area contributed by atoms with Crippen LogP contribution in [0, 0.1) is 5.92 Å². The largest absolute Gasteiger partial charge is 0.469 e. The van der Waals surface area contributed by atoms with Crippen molar-refractivity contribution in [2.75, 3.05) is 39.6 Å². The van der Waals surface area contributed by atoms with Crippen LogP contribution in [0.25, 0.3) is 0 Å². The monoisotopic (exact) mass is 385 g/mol. The fourth-order valence-corrected chi connectivity index (χ4v) is 3.88. The predicted molar refractivity (Wildman–Crippen MR) is 99.8 cm³/mol. The van der Waals surface area contributed by atoms with Crippen molar-refractivity contribution in [1.29, 1.82) is 0 Å². The van der Waals surface area contributed by atoms with Crippen molar-refractivity contribution in [2.24, 2.45) is 5.92 Å². The van der Waals surface area contributed by atoms with Crippen LogP contribution in [0.4, 0.5) is 5.69 Å². The number of ether oxygens (including phenoxy) is 1. The van der Waals surface area contributed by atoms with Crippen LogP contribution in [-0.2, 0) is 19.6 Å². The number of likely N-dealkylation sites (tertiary alicyclic amines) is 1. The smallest absolute Gasteiger partial charge is 0.308 e. The molecule has 0 atom stereocenters. The van der Waals surface area contributed by atoms with E-state index in [1.54, 1.807) is 24.3 Å². The Morgan fingerprint density at radius 3 is 2.52 bits per heavy atom. The van der Waals surface area contributed by atoms with Crippen molar-refractivity contribution in [2.45, 2.75) is 17.7 Å². The molecule has 1 saturated heterocycles. The van der Waals surface area contributed by atoms with Crippen molar-refractivity contribution in [3.63, 3.8) is 0 Å². The number of nitrogens with zero attached hydrogens (tertiary/aromatic N) is 2. The van der Waals surface area contributed by atoms with E-state index in [9.17, 15) is 13.2 Å². The summed E-state index contributed by atoms with van der Waals surface area (Å²) in [5.74, 6) is -0.266. The molecule has 0 saturated carbocycles. The van der Waals surface area contributed by atoms with Crippen molar-refractivity contribution in [3.05, 3.63) is 24.3 Å². The quantitative estimate of drug-likeness (QED) is 0.622. The lowest BCUT2D eigenvalue weighted by molar-refractivity contribution is -0.146. The number of nitrogens with one attached hydrogen (secondary N) is 1. The van der Waals surface area contributed by atoms with Crippen LogP contribution < -0.4 is 5.32 Å². The molecule has 2 rings (SSSR count). The Balaban J connectivity index is 2.01. The van der Waals surface area contributed by atoms with Gasteiger partial charge in [-0.05, 0) is 43.3 Å². The average Bonchev–Trinajstić information content (AvgIpc) is 2.61. The second kappa shape index (κ2) is 8.11. The summed E-state index contributed by atoms with van der Waals surface area (Å²) in [6.45, 7) is 1.31. The molecule has 1 aromatic carbocycles. The number of hydrogen-bond donors (Lipinski definition) is 1. The van der Waals surface area contributed by atoms with E-state index in [2.05, 4.69) is 5.32 Å². The number of esters is 1. The maximum atomic E-state index is 12.2. The molecule has 0 amide bonds. The summed E-state index contributed by atoms with van der Waals surface area (Å²) in [5, 5.41) is 3.60. The van der Waals surface area contributed by atoms with Crippen molar-refractivity contribution in [1.82, 2.24) is 9.21 Å². The highest BCUT2D eigenvalue weighted by atomic mass is 32.2. The van der Waals surface area contributed by atoms with E-state index in [0.717, 1.165) is 0 Å². The number of methoxy groups -OCH3 is 1. The van der Waals surface area contributed by atoms with Gasteiger partial charge in [-0.2, -0.15) is 0 Å². The van der Waals surface area contributed by atoms with Gasteiger partial charge in [0.15, 0.2) is 5.11 Å². The Bertz CT molecular complexity index is 742. The van der Waals surface area contributed by atoms with Crippen LogP contribution in [-0.4, -0.2) is 63.0 Å². The van der Waals surface area contributed by atoms with Crippen LogP contribution in [0.2, 0.25) is 0 Å². The highest BCUT2D eigenvalue weighted by molar-refractivity contribution is 7.89. The van der Waals surface area contributed by atoms with E-state index in [1.165, 1.54) is 25.5 Å². The summed E-state index contributed by atoms with van der Waals surface area (Å²) < 4.78 is 30.4. The van der Waals surface area contributed by atoms with Crippen molar-refractivity contribution >= 4 is 39.0 Å². The van der Waals surface area contributed by atoms with E-state index in [1.807, 2.05) is 4.90 Å². The molecule has 1 aliphatic rings. The molecular weight excluding hydrogens is 362 g/mol. The van der Waals surface area contributed by atoms with Gasteiger partial charge < -0.3 is 15.0 Å². The lowest BCUT2D eigenvalue weighted by Gasteiger charge is -2.32. The van der Waals surface area contributed by atoms with E-state index in [4.69, 9.17) is 17.0 Å². The van der Waals surface area contributed by atoms with Crippen LogP contribution in [0.15, 0.2) is 29.2 Å². The number of thiocarbonyl (C=S) groups is 1. The number of hydrogen-bond acceptors (Lipinski definition) is 5. The Hall–Kier alpha value is -1.71. The lowest BCUT2D eigenvalue weighted by atomic mass is 9.97. The second-order valence-electron chi connectivity index (χ2n) is 6.03. The zero-order valence-corrected chi connectivity index (χ0v) is 16.2. The molecule has 0 aromatic heterocycles. The van der Waals surface area contributed by atoms with Gasteiger partial charge in [0.25, 0.3) is 0 Å². The van der Waals surface area contributed by atoms with Gasteiger partial charge in [0, 0.05) is 32.9 Å². The fourth-order valence-electron chi connectivity index (χ4n) is 2.63. The molecule has 1 fully saturated rings. The molecule has 0 aliphatic carbocycles. The third-order valence-corrected chi connectivity index (χ3v) is 6.35. The molecule has 0 unspecified atom stereocenters. The third kappa shape index (κ3) is 4.68. The minimum absolute atomic E-state index is 0.0855. The molecule has 138 valence electrons. The number of carbonyl (C=O) groups is 1. The third-order valence-electron chi connectivity index (χ3n) is 4.18. The molecule has 1 aliphatic heterocycles. The zero-order valence-electron chi connectivity index (χ0n) is 14.6. The average molecular weight is 386 g/mol. The van der Waals surface area contributed by atoms with Gasteiger partial charge in [0.05, 0.1) is 17.9 Å². The zero-order chi connectivity index (χ0) is 18.6. The summed E-state index contributed by atoms with van der Waals surface area (Å²) in [6, 6.07) is 6.54. The number of sulfonamides is 1. The van der Waals surface area contributed by atoms with Gasteiger partial charge in [-0.15, -0.1) is 0 Å². The van der Waals surface area contributed by atoms with Crippen molar-refractivity contribution in [3.8, 4) is 0 Å². The molecule has 25 heavy (non-hydrogen) atoms. The van der Waals surface area contributed by atoms with Crippen LogP contribution in [0.1, 0.15) is 12.8 Å². The van der Waals surface area contributed by atoms with E-state index in [-0.39, 0.29) is 16.8 Å². The minimum Gasteiger partial charge on any atom is -0.469 e. The molecule has 9 heteroatoms. The second-order valence-corrected chi connectivity index (χ2v) is 8.57. The standard InChI is InChI=1S/C16H23N3O4S2/c1-18(2)25(21,22)14-6-4-5-13(11-14)17-16(24)19-9-7-12(8-10-19)15(20)23-3/h4-6,11-12H,7-10H2,1-3H3,(H,17,24). The number of piperidine rings is 1. The van der Waals surface area contributed by atoms with Gasteiger partial charge in [-0.3, -0.25) is 4.79 Å². The number of carbonyl (C=O) groups excluding carboxylic acids is 1. The minimum atomic E-state index is -3.49. The first-order valence-electron chi connectivity index (χ1n) is 7.92. The fraction of sp³-hybridized carbons (Fsp3) is 0.500. The predicted octanol–water partition coefficient (Wildman–Crippen LogP) is 1.52. The SMILES string of the molecule is COC(=O)C1CCN(C(=S)Nc2cccc(S(=O)(=O)N(C)C)c2)CC1. The summed E-state index contributed by atoms with van der Waals surface area (Å²) in [5.41, 5.74) is 0.614. The number of rotatable bonds is 4. The summed E-state index contributed by atoms with van der Waals surface area (Å²) >= 11 is 5.42. The maximum absolute atomic E-state index is 12.2. The van der Waals surface area contributed by atoms with Gasteiger partial charge in [-0.1, -0.05) is 6.07 Å². The van der Waals surface area contributed by atoms with Gasteiger partial charge in [0.2, 0.25) is 10.0 Å². The number of benzene rings is 1. The first-order chi connectivity index (χ1) is 11.8. The first kappa shape index (κ1) is 19.6. The van der Waals surface area contributed by atoms with Gasteiger partial charge >= 0.3 is 5.97 Å². The molecule has 1 heterocycles. The molecule has 1 aromatic rings. The molecule has 0 radical (unpaired) electrons. The summed E-state index contributed by atoms with van der Waals surface area (Å²) in [6.07, 6.45) is 1.37. The van der Waals surface area contributed by atoms with Crippen LogP contribution in [0.5, 0.6) is 0 Å². The first-order valence-corrected chi connectivity index (χ1v) is 9.77. The molecule has 7 nitrogen and oxygen atoms in total.